The van der Waals surface area contributed by atoms with Crippen molar-refractivity contribution in [2.24, 2.45) is 0 Å². The van der Waals surface area contributed by atoms with Crippen LogP contribution in [0.25, 0.3) is 5.69 Å². The summed E-state index contributed by atoms with van der Waals surface area (Å²) in [4.78, 5) is 11.3. The number of benzene rings is 1. The maximum Gasteiger partial charge on any atom is 0.335 e. The van der Waals surface area contributed by atoms with E-state index in [9.17, 15) is 9.90 Å². The number of nitrogens with zero attached hydrogens (tertiary/aromatic N) is 2. The highest BCUT2D eigenvalue weighted by atomic mass is 16.4. The summed E-state index contributed by atoms with van der Waals surface area (Å²) in [6.45, 7) is 5.34. The van der Waals surface area contributed by atoms with Crippen LogP contribution in [0, 0.1) is 0 Å². The number of nitrogens with one attached hydrogen (secondary N) is 1. The van der Waals surface area contributed by atoms with Crippen LogP contribution in [-0.2, 0) is 6.42 Å². The highest BCUT2D eigenvalue weighted by Gasteiger charge is 2.24. The second kappa shape index (κ2) is 7.07. The SMILES string of the molecule is CCC(CC)c1nn(-c2cccc(C(=O)O)c2)c2c1CCCCN2. The lowest BCUT2D eigenvalue weighted by atomic mass is 9.94. The van der Waals surface area contributed by atoms with Crippen molar-refractivity contribution in [3.63, 3.8) is 0 Å². The Hall–Kier alpha value is -2.30. The van der Waals surface area contributed by atoms with Gasteiger partial charge in [-0.05, 0) is 50.3 Å². The van der Waals surface area contributed by atoms with Crippen LogP contribution in [0.1, 0.15) is 67.1 Å². The van der Waals surface area contributed by atoms with Gasteiger partial charge < -0.3 is 10.4 Å². The summed E-state index contributed by atoms with van der Waals surface area (Å²) in [6, 6.07) is 7.01. The monoisotopic (exact) mass is 327 g/mol. The Bertz CT molecular complexity index is 732. The number of fused-ring (bicyclic) bond motifs is 1. The molecule has 2 heterocycles. The van der Waals surface area contributed by atoms with Crippen molar-refractivity contribution in [1.29, 1.82) is 0 Å². The van der Waals surface area contributed by atoms with Crippen LogP contribution in [0.15, 0.2) is 24.3 Å². The normalized spacial score (nSPS) is 14.1. The second-order valence-electron chi connectivity index (χ2n) is 6.38. The van der Waals surface area contributed by atoms with E-state index in [4.69, 9.17) is 5.10 Å². The fourth-order valence-electron chi connectivity index (χ4n) is 3.49. The largest absolute Gasteiger partial charge is 0.478 e. The zero-order chi connectivity index (χ0) is 17.1. The molecule has 0 saturated heterocycles. The molecule has 128 valence electrons. The molecule has 1 aliphatic rings. The van der Waals surface area contributed by atoms with E-state index in [0.717, 1.165) is 50.2 Å². The summed E-state index contributed by atoms with van der Waals surface area (Å²) in [7, 11) is 0. The third-order valence-corrected chi connectivity index (χ3v) is 4.87. The van der Waals surface area contributed by atoms with Gasteiger partial charge in [-0.3, -0.25) is 0 Å². The Balaban J connectivity index is 2.14. The fraction of sp³-hybridized carbons (Fsp3) is 0.474. The van der Waals surface area contributed by atoms with Gasteiger partial charge in [0.15, 0.2) is 0 Å². The van der Waals surface area contributed by atoms with Crippen LogP contribution in [0.5, 0.6) is 0 Å². The number of anilines is 1. The molecule has 1 aromatic carbocycles. The Morgan fingerprint density at radius 3 is 2.83 bits per heavy atom. The number of carbonyl (C=O) groups is 1. The Kier molecular flexibility index (Phi) is 4.88. The summed E-state index contributed by atoms with van der Waals surface area (Å²) >= 11 is 0. The first-order valence-electron chi connectivity index (χ1n) is 8.85. The van der Waals surface area contributed by atoms with Gasteiger partial charge in [0.05, 0.1) is 16.9 Å². The third kappa shape index (κ3) is 3.03. The minimum atomic E-state index is -0.914. The van der Waals surface area contributed by atoms with Crippen molar-refractivity contribution < 1.29 is 9.90 Å². The molecule has 24 heavy (non-hydrogen) atoms. The van der Waals surface area contributed by atoms with E-state index in [0.29, 0.717) is 5.92 Å². The molecule has 0 saturated carbocycles. The van der Waals surface area contributed by atoms with Gasteiger partial charge in [-0.2, -0.15) is 5.10 Å². The van der Waals surface area contributed by atoms with Gasteiger partial charge in [-0.25, -0.2) is 9.48 Å². The van der Waals surface area contributed by atoms with E-state index in [1.165, 1.54) is 11.3 Å². The van der Waals surface area contributed by atoms with Crippen molar-refractivity contribution in [2.75, 3.05) is 11.9 Å². The standard InChI is InChI=1S/C19H25N3O2/c1-3-13(4-2)17-16-10-5-6-11-20-18(16)22(21-17)15-9-7-8-14(12-15)19(23)24/h7-9,12-13,20H,3-6,10-11H2,1-2H3,(H,23,24). The molecule has 0 bridgehead atoms. The minimum absolute atomic E-state index is 0.287. The smallest absolute Gasteiger partial charge is 0.335 e. The highest BCUT2D eigenvalue weighted by molar-refractivity contribution is 5.88. The number of carboxylic acid groups (broad SMARTS) is 1. The number of hydrogen-bond donors (Lipinski definition) is 2. The number of aromatic carboxylic acids is 1. The quantitative estimate of drug-likeness (QED) is 0.863. The first kappa shape index (κ1) is 16.6. The topological polar surface area (TPSA) is 67.2 Å². The lowest BCUT2D eigenvalue weighted by Gasteiger charge is -2.11. The van der Waals surface area contributed by atoms with Gasteiger partial charge in [-0.15, -0.1) is 0 Å². The number of aromatic nitrogens is 2. The molecular weight excluding hydrogens is 302 g/mol. The minimum Gasteiger partial charge on any atom is -0.478 e. The molecule has 5 nitrogen and oxygen atoms in total. The number of carboxylic acids is 1. The summed E-state index contributed by atoms with van der Waals surface area (Å²) in [5, 5.41) is 17.7. The summed E-state index contributed by atoms with van der Waals surface area (Å²) in [5.74, 6) is 0.572. The molecule has 0 fully saturated rings. The average molecular weight is 327 g/mol. The second-order valence-corrected chi connectivity index (χ2v) is 6.38. The van der Waals surface area contributed by atoms with E-state index in [2.05, 4.69) is 19.2 Å². The Morgan fingerprint density at radius 2 is 2.12 bits per heavy atom. The van der Waals surface area contributed by atoms with Gasteiger partial charge in [0.1, 0.15) is 5.82 Å². The van der Waals surface area contributed by atoms with Gasteiger partial charge in [0, 0.05) is 18.0 Å². The molecule has 1 aliphatic heterocycles. The van der Waals surface area contributed by atoms with Crippen molar-refractivity contribution in [3.05, 3.63) is 41.1 Å². The van der Waals surface area contributed by atoms with Crippen molar-refractivity contribution in [1.82, 2.24) is 9.78 Å². The summed E-state index contributed by atoms with van der Waals surface area (Å²) in [5.41, 5.74) is 3.57. The van der Waals surface area contributed by atoms with Gasteiger partial charge in [-0.1, -0.05) is 19.9 Å². The average Bonchev–Trinajstić information content (AvgIpc) is 2.79. The molecule has 2 N–H and O–H groups in total. The van der Waals surface area contributed by atoms with Crippen LogP contribution in [0.3, 0.4) is 0 Å². The van der Waals surface area contributed by atoms with E-state index < -0.39 is 5.97 Å². The summed E-state index contributed by atoms with van der Waals surface area (Å²) < 4.78 is 1.90. The maximum absolute atomic E-state index is 11.3. The first-order chi connectivity index (χ1) is 11.7. The van der Waals surface area contributed by atoms with Crippen LogP contribution in [0.2, 0.25) is 0 Å². The summed E-state index contributed by atoms with van der Waals surface area (Å²) in [6.07, 6.45) is 5.47. The lowest BCUT2D eigenvalue weighted by molar-refractivity contribution is 0.0697. The molecule has 0 atom stereocenters. The van der Waals surface area contributed by atoms with Crippen molar-refractivity contribution >= 4 is 11.8 Å². The molecular formula is C19H25N3O2. The fourth-order valence-corrected chi connectivity index (χ4v) is 3.49. The molecule has 3 rings (SSSR count). The third-order valence-electron chi connectivity index (χ3n) is 4.87. The highest BCUT2D eigenvalue weighted by Crippen LogP contribution is 2.34. The number of hydrogen-bond acceptors (Lipinski definition) is 3. The van der Waals surface area contributed by atoms with E-state index in [1.54, 1.807) is 18.2 Å². The zero-order valence-corrected chi connectivity index (χ0v) is 14.4. The molecule has 0 radical (unpaired) electrons. The van der Waals surface area contributed by atoms with Gasteiger partial charge in [0.25, 0.3) is 0 Å². The molecule has 0 spiro atoms. The van der Waals surface area contributed by atoms with Crippen LogP contribution in [0.4, 0.5) is 5.82 Å². The Morgan fingerprint density at radius 1 is 1.33 bits per heavy atom. The molecule has 5 heteroatoms. The van der Waals surface area contributed by atoms with E-state index in [1.807, 2.05) is 10.7 Å². The molecule has 2 aromatic rings. The van der Waals surface area contributed by atoms with Crippen LogP contribution < -0.4 is 5.32 Å². The van der Waals surface area contributed by atoms with E-state index in [-0.39, 0.29) is 5.56 Å². The Labute approximate surface area is 142 Å². The predicted octanol–water partition coefficient (Wildman–Crippen LogP) is 4.22. The van der Waals surface area contributed by atoms with E-state index >= 15 is 0 Å². The first-order valence-corrected chi connectivity index (χ1v) is 8.85. The maximum atomic E-state index is 11.3. The van der Waals surface area contributed by atoms with Gasteiger partial charge >= 0.3 is 5.97 Å². The molecule has 0 aliphatic carbocycles. The zero-order valence-electron chi connectivity index (χ0n) is 14.4. The van der Waals surface area contributed by atoms with Gasteiger partial charge in [0.2, 0.25) is 0 Å². The predicted molar refractivity (Wildman–Crippen MR) is 95.3 cm³/mol. The molecule has 1 aromatic heterocycles. The van der Waals surface area contributed by atoms with Crippen LogP contribution >= 0.6 is 0 Å². The number of rotatable bonds is 5. The lowest BCUT2D eigenvalue weighted by Crippen LogP contribution is -2.08. The van der Waals surface area contributed by atoms with Crippen molar-refractivity contribution in [3.8, 4) is 5.69 Å². The molecule has 0 unspecified atom stereocenters. The molecule has 0 amide bonds. The van der Waals surface area contributed by atoms with Crippen LogP contribution in [-0.4, -0.2) is 27.4 Å². The van der Waals surface area contributed by atoms with Crippen molar-refractivity contribution in [2.45, 2.75) is 51.9 Å².